The summed E-state index contributed by atoms with van der Waals surface area (Å²) in [5.74, 6) is 0.286. The minimum atomic E-state index is 0.286. The molecule has 2 N–H and O–H groups in total. The third kappa shape index (κ3) is 3.52. The summed E-state index contributed by atoms with van der Waals surface area (Å²) >= 11 is 0. The Morgan fingerprint density at radius 3 is 2.53 bits per heavy atom. The zero-order chi connectivity index (χ0) is 12.3. The van der Waals surface area contributed by atoms with Gasteiger partial charge in [-0.1, -0.05) is 25.0 Å². The first kappa shape index (κ1) is 13.5. The number of nitrogens with zero attached hydrogens (tertiary/aromatic N) is 2. The third-order valence-electron chi connectivity index (χ3n) is 3.86. The van der Waals surface area contributed by atoms with Crippen LogP contribution in [0.25, 0.3) is 0 Å². The average Bonchev–Trinajstić information content (AvgIpc) is 2.18. The van der Waals surface area contributed by atoms with Gasteiger partial charge in [-0.3, -0.25) is 0 Å². The predicted octanol–water partition coefficient (Wildman–Crippen LogP) is -0.189. The van der Waals surface area contributed by atoms with Gasteiger partial charge in [-0.15, -0.1) is 0 Å². The van der Waals surface area contributed by atoms with Crippen molar-refractivity contribution in [3.05, 3.63) is 0 Å². The van der Waals surface area contributed by atoms with Gasteiger partial charge >= 0.3 is 0 Å². The molecule has 0 aliphatic carbocycles. The Morgan fingerprint density at radius 1 is 1.24 bits per heavy atom. The van der Waals surface area contributed by atoms with Gasteiger partial charge in [-0.25, -0.2) is 0 Å². The highest BCUT2D eigenvalue weighted by atomic mass is 15.2. The largest absolute Gasteiger partial charge is 0.352 e. The highest BCUT2D eigenvalue weighted by molar-refractivity contribution is 6.32. The van der Waals surface area contributed by atoms with E-state index in [2.05, 4.69) is 12.2 Å². The van der Waals surface area contributed by atoms with E-state index in [1.165, 1.54) is 19.5 Å². The van der Waals surface area contributed by atoms with Crippen LogP contribution >= 0.6 is 0 Å². The highest BCUT2D eigenvalue weighted by Gasteiger charge is 2.48. The summed E-state index contributed by atoms with van der Waals surface area (Å²) in [7, 11) is 13.9. The second-order valence-corrected chi connectivity index (χ2v) is 5.76. The second-order valence-electron chi connectivity index (χ2n) is 5.76. The van der Waals surface area contributed by atoms with Crippen LogP contribution in [-0.2, 0) is 0 Å². The van der Waals surface area contributed by atoms with E-state index in [1.54, 1.807) is 0 Å². The maximum absolute atomic E-state index is 5.91. The van der Waals surface area contributed by atoms with Gasteiger partial charge in [-0.05, 0) is 39.1 Å². The van der Waals surface area contributed by atoms with Gasteiger partial charge in [-0.2, -0.15) is 0 Å². The third-order valence-corrected chi connectivity index (χ3v) is 3.86. The first-order valence-corrected chi connectivity index (χ1v) is 6.66. The quantitative estimate of drug-likeness (QED) is 0.484. The molecular formula is C11H21B3N3. The smallest absolute Gasteiger partial charge is 0.208 e. The Hall–Kier alpha value is 0.0748. The van der Waals surface area contributed by atoms with Crippen molar-refractivity contribution in [1.82, 2.24) is 9.62 Å². The van der Waals surface area contributed by atoms with Crippen LogP contribution in [-0.4, -0.2) is 65.6 Å². The highest BCUT2D eigenvalue weighted by Crippen LogP contribution is 2.37. The Balaban J connectivity index is 1.45. The minimum Gasteiger partial charge on any atom is -0.352 e. The van der Waals surface area contributed by atoms with Gasteiger partial charge in [0.2, 0.25) is 7.41 Å². The molecule has 0 amide bonds. The van der Waals surface area contributed by atoms with Crippen LogP contribution in [0.3, 0.4) is 0 Å². The predicted molar refractivity (Wildman–Crippen MR) is 74.3 cm³/mol. The van der Waals surface area contributed by atoms with Gasteiger partial charge in [0, 0.05) is 5.41 Å². The van der Waals surface area contributed by atoms with Crippen molar-refractivity contribution in [2.24, 2.45) is 11.1 Å². The molecule has 2 aliphatic heterocycles. The summed E-state index contributed by atoms with van der Waals surface area (Å²) in [5.41, 5.74) is 5.99. The summed E-state index contributed by atoms with van der Waals surface area (Å²) in [5, 5.41) is 0. The monoisotopic (exact) mass is 228 g/mol. The molecule has 0 bridgehead atoms. The van der Waals surface area contributed by atoms with E-state index in [-0.39, 0.29) is 5.82 Å². The molecule has 2 fully saturated rings. The van der Waals surface area contributed by atoms with E-state index in [4.69, 9.17) is 21.6 Å². The van der Waals surface area contributed by atoms with Crippen LogP contribution in [0, 0.1) is 5.41 Å². The molecule has 0 aromatic rings. The van der Waals surface area contributed by atoms with Crippen LogP contribution in [0.2, 0.25) is 12.1 Å². The molecule has 2 saturated heterocycles. The van der Waals surface area contributed by atoms with E-state index in [0.29, 0.717) is 12.0 Å². The lowest BCUT2D eigenvalue weighted by molar-refractivity contribution is -0.0392. The second kappa shape index (κ2) is 5.81. The summed E-state index contributed by atoms with van der Waals surface area (Å²) in [6.45, 7) is 5.22. The van der Waals surface area contributed by atoms with Crippen LogP contribution in [0.4, 0.5) is 0 Å². The Bertz CT molecular complexity index is 238. The van der Waals surface area contributed by atoms with Crippen molar-refractivity contribution in [1.29, 1.82) is 0 Å². The molecule has 0 aromatic heterocycles. The molecule has 89 valence electrons. The van der Waals surface area contributed by atoms with Crippen molar-refractivity contribution >= 4 is 23.2 Å². The lowest BCUT2D eigenvalue weighted by atomic mass is 9.65. The average molecular weight is 228 g/mol. The zero-order valence-corrected chi connectivity index (χ0v) is 10.6. The first-order valence-electron chi connectivity index (χ1n) is 6.66. The molecular weight excluding hydrogens is 207 g/mol. The van der Waals surface area contributed by atoms with E-state index in [1.807, 2.05) is 4.81 Å². The Morgan fingerprint density at radius 2 is 1.94 bits per heavy atom. The topological polar surface area (TPSA) is 32.5 Å². The minimum absolute atomic E-state index is 0.286. The maximum atomic E-state index is 5.91. The summed E-state index contributed by atoms with van der Waals surface area (Å²) in [4.78, 5) is 4.32. The summed E-state index contributed by atoms with van der Waals surface area (Å²) in [6, 6.07) is 0. The summed E-state index contributed by atoms with van der Waals surface area (Å²) in [6.07, 6.45) is 4.34. The van der Waals surface area contributed by atoms with Crippen LogP contribution in [0.1, 0.15) is 19.3 Å². The van der Waals surface area contributed by atoms with Crippen LogP contribution < -0.4 is 5.73 Å². The maximum Gasteiger partial charge on any atom is 0.208 e. The molecule has 5 radical (unpaired) electrons. The molecule has 17 heavy (non-hydrogen) atoms. The zero-order valence-electron chi connectivity index (χ0n) is 10.6. The molecule has 3 nitrogen and oxygen atoms in total. The lowest BCUT2D eigenvalue weighted by Crippen LogP contribution is -2.71. The fourth-order valence-corrected chi connectivity index (χ4v) is 2.97. The van der Waals surface area contributed by atoms with Gasteiger partial charge in [0.15, 0.2) is 7.98 Å². The number of rotatable bonds is 7. The number of hydrogen-bond acceptors (Lipinski definition) is 3. The van der Waals surface area contributed by atoms with E-state index >= 15 is 0 Å². The first-order chi connectivity index (χ1) is 8.13. The normalized spacial score (nSPS) is 25.2. The van der Waals surface area contributed by atoms with Crippen LogP contribution in [0.5, 0.6) is 0 Å². The van der Waals surface area contributed by atoms with Crippen molar-refractivity contribution in [2.45, 2.75) is 31.4 Å². The van der Waals surface area contributed by atoms with Crippen molar-refractivity contribution < 1.29 is 0 Å². The molecule has 0 aromatic carbocycles. The SMILES string of the molecule is [B]C(CCN)CCC[B]N1CC2(CN([B])C2)C1. The molecule has 1 unspecified atom stereocenters. The molecule has 2 rings (SSSR count). The number of hydrogen-bond donors (Lipinski definition) is 1. The van der Waals surface area contributed by atoms with Gasteiger partial charge in [0.05, 0.1) is 7.85 Å². The van der Waals surface area contributed by atoms with Gasteiger partial charge < -0.3 is 15.4 Å². The van der Waals surface area contributed by atoms with Crippen LogP contribution in [0.15, 0.2) is 0 Å². The summed E-state index contributed by atoms with van der Waals surface area (Å²) < 4.78 is 0. The van der Waals surface area contributed by atoms with Crippen molar-refractivity contribution in [2.75, 3.05) is 32.7 Å². The Labute approximate surface area is 109 Å². The van der Waals surface area contributed by atoms with Crippen molar-refractivity contribution in [3.8, 4) is 0 Å². The van der Waals surface area contributed by atoms with Crippen molar-refractivity contribution in [3.63, 3.8) is 0 Å². The fraction of sp³-hybridized carbons (Fsp3) is 1.00. The molecule has 6 heteroatoms. The standard InChI is InChI=1S/C11H21B3N3/c12-10(3-5-15)2-1-4-14-17-8-11(9-17)6-16(13)7-11/h10H,1-9,15H2. The molecule has 2 aliphatic rings. The molecule has 1 spiro atoms. The van der Waals surface area contributed by atoms with Gasteiger partial charge in [0.1, 0.15) is 0 Å². The van der Waals surface area contributed by atoms with Gasteiger partial charge in [0.25, 0.3) is 0 Å². The molecule has 0 saturated carbocycles. The Kier molecular flexibility index (Phi) is 4.62. The molecule has 2 heterocycles. The van der Waals surface area contributed by atoms with E-state index in [9.17, 15) is 0 Å². The fourth-order valence-electron chi connectivity index (χ4n) is 2.97. The lowest BCUT2D eigenvalue weighted by Gasteiger charge is -2.60. The van der Waals surface area contributed by atoms with E-state index in [0.717, 1.165) is 32.3 Å². The number of nitrogens with two attached hydrogens (primary N) is 1. The molecule has 1 atom stereocenters. The van der Waals surface area contributed by atoms with E-state index < -0.39 is 0 Å².